The monoisotopic (exact) mass is 327 g/mol. The van der Waals surface area contributed by atoms with Crippen molar-refractivity contribution in [3.05, 3.63) is 36.7 Å². The number of hydrogen-bond donors (Lipinski definition) is 1. The minimum Gasteiger partial charge on any atom is -0.444 e. The number of carbonyl (C=O) groups excluding carboxylic acids is 1. The normalized spacial score (nSPS) is 16.2. The predicted molar refractivity (Wildman–Crippen MR) is 96.3 cm³/mol. The number of hydrogen-bond acceptors (Lipinski definition) is 4. The van der Waals surface area contributed by atoms with E-state index in [1.54, 1.807) is 0 Å². The fourth-order valence-corrected chi connectivity index (χ4v) is 3.02. The average molecular weight is 327 g/mol. The Kier molecular flexibility index (Phi) is 4.60. The standard InChI is InChI=1S/C19H25N3O2/c1-19(2,3)24-18(23)21-16-7-10-22(11-8-16)17-5-4-15-13-20-9-6-14(15)12-17/h4-6,9,12-13,16H,7-8,10-11H2,1-3H3,(H,21,23). The van der Waals surface area contributed by atoms with Crippen LogP contribution < -0.4 is 10.2 Å². The van der Waals surface area contributed by atoms with E-state index in [-0.39, 0.29) is 12.1 Å². The van der Waals surface area contributed by atoms with Crippen LogP contribution in [0.5, 0.6) is 0 Å². The number of pyridine rings is 1. The van der Waals surface area contributed by atoms with Gasteiger partial charge in [-0.15, -0.1) is 0 Å². The Morgan fingerprint density at radius 3 is 2.67 bits per heavy atom. The molecule has 0 spiro atoms. The molecule has 1 aliphatic heterocycles. The first kappa shape index (κ1) is 16.6. The van der Waals surface area contributed by atoms with Crippen LogP contribution in [0.1, 0.15) is 33.6 Å². The molecule has 0 radical (unpaired) electrons. The number of ether oxygens (including phenoxy) is 1. The van der Waals surface area contributed by atoms with Gasteiger partial charge < -0.3 is 15.0 Å². The molecule has 2 aromatic rings. The van der Waals surface area contributed by atoms with E-state index in [4.69, 9.17) is 4.74 Å². The van der Waals surface area contributed by atoms with E-state index in [0.717, 1.165) is 31.3 Å². The number of benzene rings is 1. The van der Waals surface area contributed by atoms with Gasteiger partial charge in [0.05, 0.1) is 0 Å². The SMILES string of the molecule is CC(C)(C)OC(=O)NC1CCN(c2ccc3cnccc3c2)CC1. The van der Waals surface area contributed by atoms with Crippen LogP contribution in [0.25, 0.3) is 10.8 Å². The zero-order chi connectivity index (χ0) is 17.2. The van der Waals surface area contributed by atoms with Crippen LogP contribution in [-0.2, 0) is 4.74 Å². The van der Waals surface area contributed by atoms with Gasteiger partial charge in [0.25, 0.3) is 0 Å². The lowest BCUT2D eigenvalue weighted by Crippen LogP contribution is -2.46. The van der Waals surface area contributed by atoms with Crippen molar-refractivity contribution in [2.75, 3.05) is 18.0 Å². The smallest absolute Gasteiger partial charge is 0.407 e. The van der Waals surface area contributed by atoms with Gasteiger partial charge in [0.2, 0.25) is 0 Å². The highest BCUT2D eigenvalue weighted by Gasteiger charge is 2.23. The number of amides is 1. The van der Waals surface area contributed by atoms with Crippen molar-refractivity contribution in [3.8, 4) is 0 Å². The summed E-state index contributed by atoms with van der Waals surface area (Å²) in [5, 5.41) is 5.34. The maximum absolute atomic E-state index is 11.9. The van der Waals surface area contributed by atoms with Crippen molar-refractivity contribution in [2.45, 2.75) is 45.3 Å². The summed E-state index contributed by atoms with van der Waals surface area (Å²) in [5.74, 6) is 0. The summed E-state index contributed by atoms with van der Waals surface area (Å²) in [6.45, 7) is 7.49. The molecule has 24 heavy (non-hydrogen) atoms. The second-order valence-corrected chi connectivity index (χ2v) is 7.31. The Hall–Kier alpha value is -2.30. The Bertz CT molecular complexity index is 716. The highest BCUT2D eigenvalue weighted by molar-refractivity contribution is 5.85. The van der Waals surface area contributed by atoms with E-state index in [2.05, 4.69) is 33.4 Å². The molecule has 1 N–H and O–H groups in total. The van der Waals surface area contributed by atoms with E-state index in [1.165, 1.54) is 11.1 Å². The minimum atomic E-state index is -0.454. The molecule has 5 heteroatoms. The number of nitrogens with zero attached hydrogens (tertiary/aromatic N) is 2. The van der Waals surface area contributed by atoms with E-state index < -0.39 is 5.60 Å². The largest absolute Gasteiger partial charge is 0.444 e. The number of aromatic nitrogens is 1. The van der Waals surface area contributed by atoms with Gasteiger partial charge in [-0.05, 0) is 57.2 Å². The summed E-state index contributed by atoms with van der Waals surface area (Å²) in [6.07, 6.45) is 5.24. The molecular weight excluding hydrogens is 302 g/mol. The Balaban J connectivity index is 1.57. The molecule has 1 aliphatic rings. The maximum Gasteiger partial charge on any atom is 0.407 e. The van der Waals surface area contributed by atoms with Crippen LogP contribution in [0.2, 0.25) is 0 Å². The molecule has 1 aromatic carbocycles. The van der Waals surface area contributed by atoms with Gasteiger partial charge in [-0.3, -0.25) is 4.98 Å². The average Bonchev–Trinajstić information content (AvgIpc) is 2.53. The number of alkyl carbamates (subject to hydrolysis) is 1. The zero-order valence-corrected chi connectivity index (χ0v) is 14.6. The Labute approximate surface area is 143 Å². The van der Waals surface area contributed by atoms with Crippen molar-refractivity contribution in [1.29, 1.82) is 0 Å². The first-order valence-corrected chi connectivity index (χ1v) is 8.49. The fraction of sp³-hybridized carbons (Fsp3) is 0.474. The molecule has 1 fully saturated rings. The lowest BCUT2D eigenvalue weighted by molar-refractivity contribution is 0.0497. The fourth-order valence-electron chi connectivity index (χ4n) is 3.02. The summed E-state index contributed by atoms with van der Waals surface area (Å²) < 4.78 is 5.33. The van der Waals surface area contributed by atoms with Gasteiger partial charge in [-0.25, -0.2) is 4.79 Å². The molecule has 0 aliphatic carbocycles. The molecule has 5 nitrogen and oxygen atoms in total. The molecular formula is C19H25N3O2. The molecule has 1 aromatic heterocycles. The van der Waals surface area contributed by atoms with Gasteiger partial charge in [0, 0.05) is 42.6 Å². The number of nitrogens with one attached hydrogen (secondary N) is 1. The highest BCUT2D eigenvalue weighted by Crippen LogP contribution is 2.24. The number of anilines is 1. The molecule has 1 saturated heterocycles. The summed E-state index contributed by atoms with van der Waals surface area (Å²) in [4.78, 5) is 18.4. The Morgan fingerprint density at radius 2 is 1.96 bits per heavy atom. The van der Waals surface area contributed by atoms with Crippen LogP contribution in [0.15, 0.2) is 36.7 Å². The topological polar surface area (TPSA) is 54.5 Å². The van der Waals surface area contributed by atoms with Crippen LogP contribution >= 0.6 is 0 Å². The Morgan fingerprint density at radius 1 is 1.21 bits per heavy atom. The molecule has 0 unspecified atom stereocenters. The molecule has 0 atom stereocenters. The van der Waals surface area contributed by atoms with Crippen molar-refractivity contribution in [3.63, 3.8) is 0 Å². The number of piperidine rings is 1. The van der Waals surface area contributed by atoms with Gasteiger partial charge >= 0.3 is 6.09 Å². The first-order valence-electron chi connectivity index (χ1n) is 8.49. The van der Waals surface area contributed by atoms with Crippen LogP contribution in [0, 0.1) is 0 Å². The summed E-state index contributed by atoms with van der Waals surface area (Å²) in [7, 11) is 0. The van der Waals surface area contributed by atoms with Gasteiger partial charge in [-0.1, -0.05) is 6.07 Å². The quantitative estimate of drug-likeness (QED) is 0.913. The third-order valence-electron chi connectivity index (χ3n) is 4.21. The van der Waals surface area contributed by atoms with E-state index in [0.29, 0.717) is 0 Å². The lowest BCUT2D eigenvalue weighted by Gasteiger charge is -2.34. The van der Waals surface area contributed by atoms with Crippen molar-refractivity contribution in [1.82, 2.24) is 10.3 Å². The second-order valence-electron chi connectivity index (χ2n) is 7.31. The number of fused-ring (bicyclic) bond motifs is 1. The zero-order valence-electron chi connectivity index (χ0n) is 14.6. The summed E-state index contributed by atoms with van der Waals surface area (Å²) >= 11 is 0. The predicted octanol–water partition coefficient (Wildman–Crippen LogP) is 3.73. The molecule has 0 bridgehead atoms. The van der Waals surface area contributed by atoms with Crippen molar-refractivity contribution < 1.29 is 9.53 Å². The van der Waals surface area contributed by atoms with Gasteiger partial charge in [-0.2, -0.15) is 0 Å². The van der Waals surface area contributed by atoms with Gasteiger partial charge in [0.1, 0.15) is 5.60 Å². The third-order valence-corrected chi connectivity index (χ3v) is 4.21. The molecule has 3 rings (SSSR count). The van der Waals surface area contributed by atoms with Gasteiger partial charge in [0.15, 0.2) is 0 Å². The molecule has 128 valence electrons. The van der Waals surface area contributed by atoms with E-state index in [1.807, 2.05) is 39.2 Å². The molecule has 0 saturated carbocycles. The summed E-state index contributed by atoms with van der Waals surface area (Å²) in [6, 6.07) is 8.68. The van der Waals surface area contributed by atoms with Crippen molar-refractivity contribution in [2.24, 2.45) is 0 Å². The lowest BCUT2D eigenvalue weighted by atomic mass is 10.0. The number of rotatable bonds is 2. The molecule has 1 amide bonds. The highest BCUT2D eigenvalue weighted by atomic mass is 16.6. The third kappa shape index (κ3) is 4.16. The van der Waals surface area contributed by atoms with Crippen LogP contribution in [0.4, 0.5) is 10.5 Å². The van der Waals surface area contributed by atoms with E-state index in [9.17, 15) is 4.79 Å². The maximum atomic E-state index is 11.9. The first-order chi connectivity index (χ1) is 11.4. The van der Waals surface area contributed by atoms with Crippen LogP contribution in [0.3, 0.4) is 0 Å². The minimum absolute atomic E-state index is 0.181. The number of carbonyl (C=O) groups is 1. The van der Waals surface area contributed by atoms with Crippen molar-refractivity contribution >= 4 is 22.6 Å². The van der Waals surface area contributed by atoms with E-state index >= 15 is 0 Å². The second kappa shape index (κ2) is 6.67. The summed E-state index contributed by atoms with van der Waals surface area (Å²) in [5.41, 5.74) is 0.773. The van der Waals surface area contributed by atoms with Crippen LogP contribution in [-0.4, -0.2) is 35.8 Å². The molecule has 2 heterocycles.